The van der Waals surface area contributed by atoms with Crippen molar-refractivity contribution in [1.29, 1.82) is 0 Å². The van der Waals surface area contributed by atoms with Gasteiger partial charge in [0.2, 0.25) is 0 Å². The van der Waals surface area contributed by atoms with Gasteiger partial charge in [0.25, 0.3) is 0 Å². The third kappa shape index (κ3) is 3.05. The van der Waals surface area contributed by atoms with Crippen molar-refractivity contribution in [3.8, 4) is 0 Å². The molecule has 0 aliphatic heterocycles. The molecule has 0 saturated heterocycles. The molecule has 0 bridgehead atoms. The molecular weight excluding hydrogens is 184 g/mol. The normalized spacial score (nSPS) is 11.6. The van der Waals surface area contributed by atoms with Gasteiger partial charge < -0.3 is 0 Å². The molecular formula is C14H18O. The van der Waals surface area contributed by atoms with Crippen LogP contribution in [0, 0.1) is 13.8 Å². The van der Waals surface area contributed by atoms with Gasteiger partial charge in [-0.25, -0.2) is 0 Å². The minimum atomic E-state index is 0.165. The van der Waals surface area contributed by atoms with Crippen LogP contribution < -0.4 is 0 Å². The molecule has 0 saturated carbocycles. The molecule has 1 aromatic rings. The quantitative estimate of drug-likeness (QED) is 0.683. The fourth-order valence-corrected chi connectivity index (χ4v) is 1.56. The summed E-state index contributed by atoms with van der Waals surface area (Å²) in [5.41, 5.74) is 4.49. The molecule has 0 N–H and O–H groups in total. The second-order valence-corrected chi connectivity index (χ2v) is 3.94. The Kier molecular flexibility index (Phi) is 3.84. The Bertz CT molecular complexity index is 400. The predicted octanol–water partition coefficient (Wildman–Crippen LogP) is 3.69. The van der Waals surface area contributed by atoms with E-state index in [1.807, 2.05) is 13.0 Å². The smallest absolute Gasteiger partial charge is 0.155 e. The first-order valence-corrected chi connectivity index (χ1v) is 5.33. The van der Waals surface area contributed by atoms with Crippen LogP contribution in [0.1, 0.15) is 37.0 Å². The van der Waals surface area contributed by atoms with Gasteiger partial charge in [0.15, 0.2) is 5.78 Å². The lowest BCUT2D eigenvalue weighted by Gasteiger charge is -2.04. The molecule has 1 heteroatoms. The fraction of sp³-hybridized carbons (Fsp3) is 0.357. The summed E-state index contributed by atoms with van der Waals surface area (Å²) in [5.74, 6) is 0.165. The molecule has 0 aromatic heterocycles. The summed E-state index contributed by atoms with van der Waals surface area (Å²) < 4.78 is 0. The third-order valence-corrected chi connectivity index (χ3v) is 2.60. The summed E-state index contributed by atoms with van der Waals surface area (Å²) >= 11 is 0. The lowest BCUT2D eigenvalue weighted by atomic mass is 10.0. The molecule has 0 spiro atoms. The number of benzene rings is 1. The maximum absolute atomic E-state index is 11.3. The lowest BCUT2D eigenvalue weighted by molar-refractivity contribution is -0.113. The topological polar surface area (TPSA) is 17.1 Å². The number of hydrogen-bond acceptors (Lipinski definition) is 1. The summed E-state index contributed by atoms with van der Waals surface area (Å²) in [6.07, 6.45) is 2.80. The van der Waals surface area contributed by atoms with Crippen molar-refractivity contribution in [3.05, 3.63) is 40.5 Å². The number of aryl methyl sites for hydroxylation is 2. The lowest BCUT2D eigenvalue weighted by Crippen LogP contribution is -1.95. The van der Waals surface area contributed by atoms with Crippen LogP contribution >= 0.6 is 0 Å². The van der Waals surface area contributed by atoms with Crippen molar-refractivity contribution >= 4 is 11.9 Å². The Balaban J connectivity index is 3.16. The van der Waals surface area contributed by atoms with Crippen LogP contribution in [0.4, 0.5) is 0 Å². The van der Waals surface area contributed by atoms with Crippen molar-refractivity contribution in [2.75, 3.05) is 0 Å². The first-order chi connectivity index (χ1) is 7.04. The average molecular weight is 202 g/mol. The van der Waals surface area contributed by atoms with Crippen LogP contribution in [0.5, 0.6) is 0 Å². The summed E-state index contributed by atoms with van der Waals surface area (Å²) in [7, 11) is 0. The van der Waals surface area contributed by atoms with Crippen molar-refractivity contribution in [1.82, 2.24) is 0 Å². The van der Waals surface area contributed by atoms with Crippen LogP contribution in [0.25, 0.3) is 6.08 Å². The van der Waals surface area contributed by atoms with E-state index in [9.17, 15) is 4.79 Å². The maximum atomic E-state index is 11.3. The molecule has 0 heterocycles. The fourth-order valence-electron chi connectivity index (χ4n) is 1.56. The highest BCUT2D eigenvalue weighted by atomic mass is 16.1. The van der Waals surface area contributed by atoms with E-state index >= 15 is 0 Å². The van der Waals surface area contributed by atoms with E-state index in [1.165, 1.54) is 11.1 Å². The Labute approximate surface area is 91.8 Å². The molecule has 15 heavy (non-hydrogen) atoms. The molecule has 0 aliphatic carbocycles. The molecule has 0 atom stereocenters. The Morgan fingerprint density at radius 3 is 2.53 bits per heavy atom. The molecule has 0 aliphatic rings. The highest BCUT2D eigenvalue weighted by Crippen LogP contribution is 2.16. The van der Waals surface area contributed by atoms with E-state index < -0.39 is 0 Å². The number of carbonyl (C=O) groups excluding carboxylic acids is 1. The summed E-state index contributed by atoms with van der Waals surface area (Å²) in [6, 6.07) is 6.30. The maximum Gasteiger partial charge on any atom is 0.155 e. The number of carbonyl (C=O) groups is 1. The molecule has 1 nitrogen and oxygen atoms in total. The Morgan fingerprint density at radius 2 is 2.00 bits per heavy atom. The van der Waals surface area contributed by atoms with Crippen LogP contribution in [0.3, 0.4) is 0 Å². The summed E-state index contributed by atoms with van der Waals surface area (Å²) in [4.78, 5) is 11.3. The van der Waals surface area contributed by atoms with Crippen LogP contribution in [0.2, 0.25) is 0 Å². The summed E-state index contributed by atoms with van der Waals surface area (Å²) in [6.45, 7) is 7.77. The standard InChI is InChI=1S/C14H18O/c1-5-13(12(4)15)9-14-8-10(2)6-7-11(14)3/h6-9H,5H2,1-4H3/b13-9-. The van der Waals surface area contributed by atoms with Crippen LogP contribution in [0.15, 0.2) is 23.8 Å². The van der Waals surface area contributed by atoms with E-state index in [2.05, 4.69) is 32.0 Å². The van der Waals surface area contributed by atoms with Crippen molar-refractivity contribution in [2.45, 2.75) is 34.1 Å². The Morgan fingerprint density at radius 1 is 1.33 bits per heavy atom. The number of hydrogen-bond donors (Lipinski definition) is 0. The van der Waals surface area contributed by atoms with E-state index in [1.54, 1.807) is 6.92 Å². The van der Waals surface area contributed by atoms with Gasteiger partial charge in [0.1, 0.15) is 0 Å². The van der Waals surface area contributed by atoms with Gasteiger partial charge in [-0.15, -0.1) is 0 Å². The van der Waals surface area contributed by atoms with E-state index in [0.717, 1.165) is 17.6 Å². The van der Waals surface area contributed by atoms with E-state index in [-0.39, 0.29) is 5.78 Å². The summed E-state index contributed by atoms with van der Waals surface area (Å²) in [5, 5.41) is 0. The van der Waals surface area contributed by atoms with E-state index in [0.29, 0.717) is 0 Å². The van der Waals surface area contributed by atoms with Gasteiger partial charge in [-0.2, -0.15) is 0 Å². The number of ketones is 1. The first-order valence-electron chi connectivity index (χ1n) is 5.33. The largest absolute Gasteiger partial charge is 0.295 e. The van der Waals surface area contributed by atoms with Gasteiger partial charge in [-0.05, 0) is 50.0 Å². The van der Waals surface area contributed by atoms with Crippen molar-refractivity contribution in [2.24, 2.45) is 0 Å². The minimum Gasteiger partial charge on any atom is -0.295 e. The van der Waals surface area contributed by atoms with Gasteiger partial charge in [-0.1, -0.05) is 30.7 Å². The van der Waals surface area contributed by atoms with Gasteiger partial charge >= 0.3 is 0 Å². The molecule has 1 aromatic carbocycles. The van der Waals surface area contributed by atoms with E-state index in [4.69, 9.17) is 0 Å². The second-order valence-electron chi connectivity index (χ2n) is 3.94. The highest BCUT2D eigenvalue weighted by molar-refractivity contribution is 5.97. The van der Waals surface area contributed by atoms with Gasteiger partial charge in [-0.3, -0.25) is 4.79 Å². The molecule has 0 fully saturated rings. The van der Waals surface area contributed by atoms with Gasteiger partial charge in [0, 0.05) is 0 Å². The zero-order valence-corrected chi connectivity index (χ0v) is 9.92. The second kappa shape index (κ2) is 4.92. The van der Waals surface area contributed by atoms with Crippen LogP contribution in [-0.2, 0) is 4.79 Å². The monoisotopic (exact) mass is 202 g/mol. The zero-order chi connectivity index (χ0) is 11.4. The van der Waals surface area contributed by atoms with Crippen LogP contribution in [-0.4, -0.2) is 5.78 Å². The average Bonchev–Trinajstić information content (AvgIpc) is 2.18. The highest BCUT2D eigenvalue weighted by Gasteiger charge is 2.02. The van der Waals surface area contributed by atoms with Crippen molar-refractivity contribution < 1.29 is 4.79 Å². The molecule has 0 radical (unpaired) electrons. The minimum absolute atomic E-state index is 0.165. The molecule has 0 unspecified atom stereocenters. The zero-order valence-electron chi connectivity index (χ0n) is 9.92. The number of allylic oxidation sites excluding steroid dienone is 1. The predicted molar refractivity (Wildman–Crippen MR) is 64.9 cm³/mol. The molecule has 0 amide bonds. The number of Topliss-reactive ketones (excluding diaryl/α,β-unsaturated/α-hetero) is 1. The first kappa shape index (κ1) is 11.7. The van der Waals surface area contributed by atoms with Crippen molar-refractivity contribution in [3.63, 3.8) is 0 Å². The van der Waals surface area contributed by atoms with Gasteiger partial charge in [0.05, 0.1) is 0 Å². The molecule has 1 rings (SSSR count). The molecule has 80 valence electrons. The SMILES string of the molecule is CC/C(=C/c1cc(C)ccc1C)C(C)=O. The third-order valence-electron chi connectivity index (χ3n) is 2.60. The Hall–Kier alpha value is -1.37. The number of rotatable bonds is 3.